The number of aryl methyl sites for hydroxylation is 1. The first-order valence-corrected chi connectivity index (χ1v) is 5.63. The molecule has 0 fully saturated rings. The Labute approximate surface area is 99.0 Å². The van der Waals surface area contributed by atoms with Crippen LogP contribution in [0.25, 0.3) is 0 Å². The van der Waals surface area contributed by atoms with Crippen LogP contribution in [0.1, 0.15) is 6.92 Å². The Balaban J connectivity index is 0.000000146. The molecule has 0 bridgehead atoms. The first kappa shape index (κ1) is 11.5. The van der Waals surface area contributed by atoms with E-state index in [1.54, 1.807) is 18.6 Å². The molecule has 0 aromatic carbocycles. The Morgan fingerprint density at radius 1 is 1.36 bits per heavy atom. The van der Waals surface area contributed by atoms with E-state index in [-0.39, 0.29) is 0 Å². The van der Waals surface area contributed by atoms with Gasteiger partial charge in [-0.05, 0) is 38.8 Å². The van der Waals surface area contributed by atoms with Crippen LogP contribution >= 0.6 is 31.9 Å². The molecule has 6 heteroatoms. The van der Waals surface area contributed by atoms with Crippen LogP contribution in [0.15, 0.2) is 33.7 Å². The summed E-state index contributed by atoms with van der Waals surface area (Å²) in [6.07, 6.45) is 7.18. The Morgan fingerprint density at radius 2 is 2.14 bits per heavy atom. The summed E-state index contributed by atoms with van der Waals surface area (Å²) in [4.78, 5) is 0. The molecule has 0 aliphatic heterocycles. The smallest absolute Gasteiger partial charge is 0.0632 e. The standard InChI is InChI=1S/C5H7BrN2.C3H3BrN2/c1-2-8-4-5(6)3-7-8;4-3-1-5-6-2-3/h3-4H,2H2,1H3;1-2H,(H,5,6). The summed E-state index contributed by atoms with van der Waals surface area (Å²) in [7, 11) is 0. The lowest BCUT2D eigenvalue weighted by Gasteiger charge is -1.88. The highest BCUT2D eigenvalue weighted by atomic mass is 79.9. The molecule has 1 N–H and O–H groups in total. The summed E-state index contributed by atoms with van der Waals surface area (Å²) in [5.41, 5.74) is 0. The van der Waals surface area contributed by atoms with Gasteiger partial charge in [0.1, 0.15) is 0 Å². The van der Waals surface area contributed by atoms with Gasteiger partial charge in [-0.15, -0.1) is 0 Å². The topological polar surface area (TPSA) is 46.5 Å². The summed E-state index contributed by atoms with van der Waals surface area (Å²) in [5.74, 6) is 0. The lowest BCUT2D eigenvalue weighted by atomic mass is 10.7. The molecular weight excluding hydrogens is 312 g/mol. The second kappa shape index (κ2) is 5.98. The lowest BCUT2D eigenvalue weighted by Crippen LogP contribution is -1.91. The number of aromatic amines is 1. The van der Waals surface area contributed by atoms with E-state index >= 15 is 0 Å². The van der Waals surface area contributed by atoms with Crippen LogP contribution in [0.5, 0.6) is 0 Å². The molecule has 2 heterocycles. The predicted octanol–water partition coefficient (Wildman–Crippen LogP) is 2.84. The molecule has 2 aromatic rings. The van der Waals surface area contributed by atoms with Crippen LogP contribution in [-0.2, 0) is 6.54 Å². The Kier molecular flexibility index (Phi) is 4.89. The van der Waals surface area contributed by atoms with Crippen LogP contribution in [0.3, 0.4) is 0 Å². The van der Waals surface area contributed by atoms with Crippen molar-refractivity contribution < 1.29 is 0 Å². The molecule has 0 unspecified atom stereocenters. The maximum atomic E-state index is 4.00. The maximum Gasteiger partial charge on any atom is 0.0632 e. The lowest BCUT2D eigenvalue weighted by molar-refractivity contribution is 0.659. The highest BCUT2D eigenvalue weighted by Gasteiger charge is 1.87. The zero-order chi connectivity index (χ0) is 10.4. The second-order valence-corrected chi connectivity index (χ2v) is 4.26. The zero-order valence-corrected chi connectivity index (χ0v) is 10.8. The van der Waals surface area contributed by atoms with E-state index in [9.17, 15) is 0 Å². The van der Waals surface area contributed by atoms with Gasteiger partial charge in [0.05, 0.1) is 21.3 Å². The minimum atomic E-state index is 0.936. The normalized spacial score (nSPS) is 9.36. The minimum Gasteiger partial charge on any atom is -0.285 e. The van der Waals surface area contributed by atoms with Crippen LogP contribution in [0.2, 0.25) is 0 Å². The molecule has 0 saturated carbocycles. The molecule has 0 aliphatic carbocycles. The third kappa shape index (κ3) is 4.06. The number of halogens is 2. The number of hydrogen-bond acceptors (Lipinski definition) is 2. The van der Waals surface area contributed by atoms with Gasteiger partial charge in [-0.1, -0.05) is 0 Å². The van der Waals surface area contributed by atoms with Crippen molar-refractivity contribution in [2.45, 2.75) is 13.5 Å². The van der Waals surface area contributed by atoms with Gasteiger partial charge in [-0.25, -0.2) is 0 Å². The van der Waals surface area contributed by atoms with E-state index in [4.69, 9.17) is 0 Å². The monoisotopic (exact) mass is 320 g/mol. The molecule has 76 valence electrons. The number of H-pyrrole nitrogens is 1. The van der Waals surface area contributed by atoms with Gasteiger partial charge in [0.15, 0.2) is 0 Å². The van der Waals surface area contributed by atoms with Crippen molar-refractivity contribution in [3.8, 4) is 0 Å². The first-order chi connectivity index (χ1) is 6.72. The van der Waals surface area contributed by atoms with Crippen molar-refractivity contribution in [1.29, 1.82) is 0 Å². The predicted molar refractivity (Wildman–Crippen MR) is 61.9 cm³/mol. The number of nitrogens with one attached hydrogen (secondary N) is 1. The van der Waals surface area contributed by atoms with Gasteiger partial charge in [0.25, 0.3) is 0 Å². The largest absolute Gasteiger partial charge is 0.285 e. The molecule has 2 rings (SSSR count). The number of hydrogen-bond donors (Lipinski definition) is 1. The summed E-state index contributed by atoms with van der Waals surface area (Å²) in [6.45, 7) is 2.99. The Bertz CT molecular complexity index is 355. The van der Waals surface area contributed by atoms with Gasteiger partial charge in [-0.3, -0.25) is 9.78 Å². The van der Waals surface area contributed by atoms with E-state index in [0.29, 0.717) is 0 Å². The Morgan fingerprint density at radius 3 is 2.36 bits per heavy atom. The highest BCUT2D eigenvalue weighted by molar-refractivity contribution is 9.10. The molecule has 2 aromatic heterocycles. The van der Waals surface area contributed by atoms with Gasteiger partial charge in [-0.2, -0.15) is 10.2 Å². The summed E-state index contributed by atoms with van der Waals surface area (Å²) in [5, 5.41) is 10.3. The van der Waals surface area contributed by atoms with E-state index in [0.717, 1.165) is 15.5 Å². The van der Waals surface area contributed by atoms with Gasteiger partial charge in [0, 0.05) is 18.9 Å². The van der Waals surface area contributed by atoms with Crippen molar-refractivity contribution in [3.05, 3.63) is 33.7 Å². The fourth-order valence-electron chi connectivity index (χ4n) is 0.746. The number of nitrogens with zero attached hydrogens (tertiary/aromatic N) is 3. The molecule has 4 nitrogen and oxygen atoms in total. The third-order valence-corrected chi connectivity index (χ3v) is 2.23. The van der Waals surface area contributed by atoms with E-state index < -0.39 is 0 Å². The molecular formula is C8H10Br2N4. The van der Waals surface area contributed by atoms with E-state index in [2.05, 4.69) is 54.1 Å². The number of rotatable bonds is 1. The van der Waals surface area contributed by atoms with Crippen molar-refractivity contribution >= 4 is 31.9 Å². The zero-order valence-electron chi connectivity index (χ0n) is 7.61. The molecule has 0 saturated heterocycles. The maximum absolute atomic E-state index is 4.00. The van der Waals surface area contributed by atoms with Crippen LogP contribution in [0.4, 0.5) is 0 Å². The van der Waals surface area contributed by atoms with Crippen LogP contribution in [0, 0.1) is 0 Å². The molecule has 0 atom stereocenters. The van der Waals surface area contributed by atoms with Gasteiger partial charge in [0.2, 0.25) is 0 Å². The van der Waals surface area contributed by atoms with Crippen LogP contribution < -0.4 is 0 Å². The fourth-order valence-corrected chi connectivity index (χ4v) is 1.28. The van der Waals surface area contributed by atoms with Gasteiger partial charge >= 0.3 is 0 Å². The van der Waals surface area contributed by atoms with Crippen LogP contribution in [-0.4, -0.2) is 20.0 Å². The molecule has 14 heavy (non-hydrogen) atoms. The quantitative estimate of drug-likeness (QED) is 0.878. The SMILES string of the molecule is Brc1cn[nH]c1.CCn1cc(Br)cn1. The summed E-state index contributed by atoms with van der Waals surface area (Å²) in [6, 6.07) is 0. The molecule has 0 spiro atoms. The molecule has 0 amide bonds. The third-order valence-electron chi connectivity index (χ3n) is 1.39. The van der Waals surface area contributed by atoms with Crippen molar-refractivity contribution in [2.24, 2.45) is 0 Å². The fraction of sp³-hybridized carbons (Fsp3) is 0.250. The van der Waals surface area contributed by atoms with Crippen molar-refractivity contribution in [2.75, 3.05) is 0 Å². The number of aromatic nitrogens is 4. The first-order valence-electron chi connectivity index (χ1n) is 4.04. The minimum absolute atomic E-state index is 0.936. The van der Waals surface area contributed by atoms with Crippen molar-refractivity contribution in [1.82, 2.24) is 20.0 Å². The summed E-state index contributed by atoms with van der Waals surface area (Å²) < 4.78 is 3.89. The van der Waals surface area contributed by atoms with Crippen molar-refractivity contribution in [3.63, 3.8) is 0 Å². The average molecular weight is 322 g/mol. The van der Waals surface area contributed by atoms with E-state index in [1.165, 1.54) is 0 Å². The molecule has 0 radical (unpaired) electrons. The highest BCUT2D eigenvalue weighted by Crippen LogP contribution is 2.05. The summed E-state index contributed by atoms with van der Waals surface area (Å²) >= 11 is 6.48. The van der Waals surface area contributed by atoms with E-state index in [1.807, 2.05) is 10.9 Å². The van der Waals surface area contributed by atoms with Gasteiger partial charge < -0.3 is 0 Å². The second-order valence-electron chi connectivity index (χ2n) is 2.43. The molecule has 0 aliphatic rings. The Hall–Kier alpha value is -0.620. The average Bonchev–Trinajstić information content (AvgIpc) is 2.77.